The number of phenols is 1. The van der Waals surface area contributed by atoms with Crippen molar-refractivity contribution >= 4 is 35.6 Å². The molecule has 38 heavy (non-hydrogen) atoms. The van der Waals surface area contributed by atoms with Crippen LogP contribution in [0.3, 0.4) is 0 Å². The van der Waals surface area contributed by atoms with Gasteiger partial charge >= 0.3 is 11.9 Å². The molecule has 200 valence electrons. The molecule has 4 aliphatic rings. The van der Waals surface area contributed by atoms with Gasteiger partial charge in [0.15, 0.2) is 11.6 Å². The highest BCUT2D eigenvalue weighted by Crippen LogP contribution is 2.58. The lowest BCUT2D eigenvalue weighted by atomic mass is 9.57. The molecule has 2 aliphatic carbocycles. The maximum Gasteiger partial charge on any atom is 0.305 e. The summed E-state index contributed by atoms with van der Waals surface area (Å²) in [7, 11) is 0. The van der Waals surface area contributed by atoms with E-state index in [4.69, 9.17) is 10.2 Å². The summed E-state index contributed by atoms with van der Waals surface area (Å²) in [5, 5.41) is 28.7. The topological polar surface area (TPSA) is 170 Å². The van der Waals surface area contributed by atoms with Gasteiger partial charge in [0, 0.05) is 24.6 Å². The van der Waals surface area contributed by atoms with E-state index in [1.54, 1.807) is 6.08 Å². The number of imide groups is 2. The fourth-order valence-electron chi connectivity index (χ4n) is 6.71. The molecule has 2 aliphatic heterocycles. The SMILES string of the molecule is O=C(O)CCN1C(=O)C2CC=C3C(CC4C(=O)N(CCC(=O)O)C(=O)C4C3c3cccc(F)c3O)C2C1=O. The van der Waals surface area contributed by atoms with Crippen LogP contribution in [0.2, 0.25) is 0 Å². The zero-order valence-electron chi connectivity index (χ0n) is 20.1. The van der Waals surface area contributed by atoms with E-state index < -0.39 is 95.5 Å². The van der Waals surface area contributed by atoms with Crippen molar-refractivity contribution in [3.63, 3.8) is 0 Å². The van der Waals surface area contributed by atoms with Gasteiger partial charge in [0.05, 0.1) is 36.5 Å². The summed E-state index contributed by atoms with van der Waals surface area (Å²) < 4.78 is 14.4. The van der Waals surface area contributed by atoms with Crippen molar-refractivity contribution in [2.45, 2.75) is 31.6 Å². The zero-order chi connectivity index (χ0) is 27.5. The first-order valence-corrected chi connectivity index (χ1v) is 12.3. The number of nitrogens with zero attached hydrogens (tertiary/aromatic N) is 2. The molecule has 4 amide bonds. The van der Waals surface area contributed by atoms with Gasteiger partial charge in [0.1, 0.15) is 0 Å². The monoisotopic (exact) mass is 528 g/mol. The lowest BCUT2D eigenvalue weighted by Crippen LogP contribution is -2.43. The van der Waals surface area contributed by atoms with Crippen molar-refractivity contribution in [1.82, 2.24) is 9.80 Å². The summed E-state index contributed by atoms with van der Waals surface area (Å²) in [6.45, 7) is -0.638. The predicted octanol–water partition coefficient (Wildman–Crippen LogP) is 1.12. The summed E-state index contributed by atoms with van der Waals surface area (Å²) in [5.41, 5.74) is 0.603. The lowest BCUT2D eigenvalue weighted by molar-refractivity contribution is -0.145. The molecule has 2 saturated heterocycles. The average Bonchev–Trinajstić information content (AvgIpc) is 3.25. The van der Waals surface area contributed by atoms with Crippen molar-refractivity contribution in [2.24, 2.45) is 29.6 Å². The summed E-state index contributed by atoms with van der Waals surface area (Å²) in [6.07, 6.45) is 0.983. The highest BCUT2D eigenvalue weighted by Gasteiger charge is 2.62. The molecule has 11 nitrogen and oxygen atoms in total. The molecule has 2 heterocycles. The standard InChI is InChI=1S/C26H25FN2O9/c27-16-3-1-2-12(22(16)34)19-11-4-5-13-20(25(37)28(23(13)35)8-6-17(30)31)14(11)10-15-21(19)26(38)29(24(15)36)9-7-18(32)33/h1-4,13-15,19-21,34H,5-10H2,(H,30,31)(H,32,33). The lowest BCUT2D eigenvalue weighted by Gasteiger charge is -2.44. The summed E-state index contributed by atoms with van der Waals surface area (Å²) >= 11 is 0. The third-order valence-electron chi connectivity index (χ3n) is 8.28. The smallest absolute Gasteiger partial charge is 0.305 e. The van der Waals surface area contributed by atoms with Gasteiger partial charge in [-0.25, -0.2) is 4.39 Å². The number of para-hydroxylation sites is 1. The van der Waals surface area contributed by atoms with E-state index in [1.807, 2.05) is 0 Å². The van der Waals surface area contributed by atoms with Crippen LogP contribution in [0.1, 0.15) is 37.2 Å². The molecule has 5 rings (SSSR count). The van der Waals surface area contributed by atoms with Gasteiger partial charge in [-0.15, -0.1) is 0 Å². The Morgan fingerprint density at radius 3 is 2.03 bits per heavy atom. The molecule has 0 radical (unpaired) electrons. The minimum atomic E-state index is -1.20. The molecule has 6 unspecified atom stereocenters. The van der Waals surface area contributed by atoms with Crippen LogP contribution >= 0.6 is 0 Å². The number of carboxylic acids is 2. The van der Waals surface area contributed by atoms with Crippen molar-refractivity contribution in [3.8, 4) is 5.75 Å². The Kier molecular flexibility index (Phi) is 6.28. The third kappa shape index (κ3) is 3.86. The van der Waals surface area contributed by atoms with Crippen LogP contribution in [0.15, 0.2) is 29.8 Å². The number of aliphatic carboxylic acids is 2. The Morgan fingerprint density at radius 1 is 0.842 bits per heavy atom. The molecule has 12 heteroatoms. The second kappa shape index (κ2) is 9.34. The van der Waals surface area contributed by atoms with Gasteiger partial charge in [0.2, 0.25) is 23.6 Å². The number of phenolic OH excluding ortho intramolecular Hbond substituents is 1. The Labute approximate surface area is 215 Å². The molecule has 0 aromatic heterocycles. The minimum absolute atomic E-state index is 0.0319. The third-order valence-corrected chi connectivity index (χ3v) is 8.28. The van der Waals surface area contributed by atoms with Crippen molar-refractivity contribution < 1.29 is 48.5 Å². The molecule has 3 N–H and O–H groups in total. The normalized spacial score (nSPS) is 30.2. The number of carbonyl (C=O) groups is 6. The van der Waals surface area contributed by atoms with Crippen LogP contribution in [0.4, 0.5) is 4.39 Å². The van der Waals surface area contributed by atoms with Gasteiger partial charge in [0.25, 0.3) is 0 Å². The first-order valence-electron chi connectivity index (χ1n) is 12.3. The van der Waals surface area contributed by atoms with Crippen LogP contribution in [-0.2, 0) is 28.8 Å². The maximum absolute atomic E-state index is 14.4. The van der Waals surface area contributed by atoms with Gasteiger partial charge in [-0.2, -0.15) is 0 Å². The number of fused-ring (bicyclic) bond motifs is 4. The number of rotatable bonds is 7. The van der Waals surface area contributed by atoms with Crippen molar-refractivity contribution in [1.29, 1.82) is 0 Å². The molecule has 0 bridgehead atoms. The number of hydrogen-bond acceptors (Lipinski definition) is 7. The fourth-order valence-corrected chi connectivity index (χ4v) is 6.71. The second-order valence-corrected chi connectivity index (χ2v) is 10.1. The number of allylic oxidation sites excluding steroid dienone is 2. The van der Waals surface area contributed by atoms with Crippen molar-refractivity contribution in [3.05, 3.63) is 41.2 Å². The fraction of sp³-hybridized carbons (Fsp3) is 0.462. The number of aromatic hydroxyl groups is 1. The van der Waals surface area contributed by atoms with Crippen LogP contribution in [-0.4, -0.2) is 73.8 Å². The van der Waals surface area contributed by atoms with Gasteiger partial charge < -0.3 is 15.3 Å². The van der Waals surface area contributed by atoms with E-state index in [9.17, 15) is 38.3 Å². The predicted molar refractivity (Wildman–Crippen MR) is 124 cm³/mol. The number of benzene rings is 1. The van der Waals surface area contributed by atoms with E-state index in [0.29, 0.717) is 5.57 Å². The largest absolute Gasteiger partial charge is 0.505 e. The number of halogens is 1. The molecule has 1 saturated carbocycles. The minimum Gasteiger partial charge on any atom is -0.505 e. The number of carbonyl (C=O) groups excluding carboxylic acids is 4. The highest BCUT2D eigenvalue weighted by molar-refractivity contribution is 6.08. The zero-order valence-corrected chi connectivity index (χ0v) is 20.1. The van der Waals surface area contributed by atoms with Gasteiger partial charge in [-0.05, 0) is 24.8 Å². The second-order valence-electron chi connectivity index (χ2n) is 10.1. The number of hydrogen-bond donors (Lipinski definition) is 3. The Hall–Kier alpha value is -4.09. The van der Waals surface area contributed by atoms with Gasteiger partial charge in [-0.3, -0.25) is 38.6 Å². The highest BCUT2D eigenvalue weighted by atomic mass is 19.1. The van der Waals surface area contributed by atoms with E-state index in [0.717, 1.165) is 15.9 Å². The number of likely N-dealkylation sites (tertiary alicyclic amines) is 2. The molecule has 3 fully saturated rings. The Bertz CT molecular complexity index is 1310. The summed E-state index contributed by atoms with van der Waals surface area (Å²) in [4.78, 5) is 77.3. The quantitative estimate of drug-likeness (QED) is 0.347. The van der Waals surface area contributed by atoms with E-state index in [-0.39, 0.29) is 31.5 Å². The van der Waals surface area contributed by atoms with E-state index >= 15 is 0 Å². The van der Waals surface area contributed by atoms with E-state index in [2.05, 4.69) is 0 Å². The van der Waals surface area contributed by atoms with Crippen LogP contribution in [0, 0.1) is 35.4 Å². The first-order chi connectivity index (χ1) is 18.0. The van der Waals surface area contributed by atoms with Crippen LogP contribution in [0.5, 0.6) is 5.75 Å². The number of amides is 4. The first kappa shape index (κ1) is 25.6. The molecule has 6 atom stereocenters. The Balaban J connectivity index is 1.58. The molecule has 1 aromatic carbocycles. The van der Waals surface area contributed by atoms with Crippen LogP contribution in [0.25, 0.3) is 0 Å². The maximum atomic E-state index is 14.4. The summed E-state index contributed by atoms with van der Waals surface area (Å²) in [6, 6.07) is 3.84. The van der Waals surface area contributed by atoms with Crippen LogP contribution < -0.4 is 0 Å². The molecule has 1 aromatic rings. The van der Waals surface area contributed by atoms with Crippen molar-refractivity contribution in [2.75, 3.05) is 13.1 Å². The number of carboxylic acid groups (broad SMARTS) is 2. The Morgan fingerprint density at radius 2 is 1.42 bits per heavy atom. The molecular weight excluding hydrogens is 503 g/mol. The summed E-state index contributed by atoms with van der Waals surface area (Å²) in [5.74, 6) is -11.6. The molecular formula is C26H25FN2O9. The molecule has 0 spiro atoms. The van der Waals surface area contributed by atoms with E-state index in [1.165, 1.54) is 12.1 Å². The average molecular weight is 528 g/mol. The van der Waals surface area contributed by atoms with Gasteiger partial charge in [-0.1, -0.05) is 23.8 Å².